The number of nitrogens with zero attached hydrogens (tertiary/aromatic N) is 1. The average Bonchev–Trinajstić information content (AvgIpc) is 2.53. The first-order valence-corrected chi connectivity index (χ1v) is 7.57. The molecular weight excluding hydrogens is 278 g/mol. The zero-order valence-corrected chi connectivity index (χ0v) is 12.1. The van der Waals surface area contributed by atoms with Crippen LogP contribution in [-0.4, -0.2) is 43.0 Å². The van der Waals surface area contributed by atoms with Gasteiger partial charge in [-0.05, 0) is 30.9 Å². The summed E-state index contributed by atoms with van der Waals surface area (Å²) in [5, 5.41) is 0. The van der Waals surface area contributed by atoms with E-state index in [2.05, 4.69) is 0 Å². The first-order valence-electron chi connectivity index (χ1n) is 7.03. The van der Waals surface area contributed by atoms with Crippen LogP contribution in [-0.2, 0) is 0 Å². The molecule has 0 aliphatic carbocycles. The molecule has 0 N–H and O–H groups in total. The smallest absolute Gasteiger partial charge is 0.257 e. The lowest BCUT2D eigenvalue weighted by atomic mass is 9.99. The lowest BCUT2D eigenvalue weighted by Crippen LogP contribution is -2.40. The molecule has 1 unspecified atom stereocenters. The van der Waals surface area contributed by atoms with Gasteiger partial charge in [-0.15, -0.1) is 11.6 Å². The van der Waals surface area contributed by atoms with Crippen LogP contribution in [0.5, 0.6) is 11.5 Å². The number of para-hydroxylation sites is 1. The molecule has 0 radical (unpaired) electrons. The highest BCUT2D eigenvalue weighted by Gasteiger charge is 2.28. The number of hydrogen-bond donors (Lipinski definition) is 0. The first-order chi connectivity index (χ1) is 9.79. The standard InChI is InChI=1S/C15H18ClNO3/c16-9-11-3-2-6-17(10-11)15(18)12-4-1-5-13-14(12)20-8-7-19-13/h1,4-5,11H,2-3,6-10H2. The normalized spacial score (nSPS) is 21.6. The predicted molar refractivity (Wildman–Crippen MR) is 76.8 cm³/mol. The SMILES string of the molecule is O=C(c1cccc2c1OCCO2)N1CCCC(CCl)C1. The summed E-state index contributed by atoms with van der Waals surface area (Å²) < 4.78 is 11.1. The quantitative estimate of drug-likeness (QED) is 0.787. The Morgan fingerprint density at radius 2 is 2.20 bits per heavy atom. The number of alkyl halides is 1. The second kappa shape index (κ2) is 5.92. The number of rotatable bonds is 2. The number of fused-ring (bicyclic) bond motifs is 1. The zero-order chi connectivity index (χ0) is 13.9. The van der Waals surface area contributed by atoms with Gasteiger partial charge in [-0.1, -0.05) is 6.07 Å². The number of ether oxygens (including phenoxy) is 2. The average molecular weight is 296 g/mol. The summed E-state index contributed by atoms with van der Waals surface area (Å²) in [6, 6.07) is 5.48. The number of benzene rings is 1. The Morgan fingerprint density at radius 1 is 1.35 bits per heavy atom. The molecule has 1 atom stereocenters. The van der Waals surface area contributed by atoms with Crippen molar-refractivity contribution in [2.45, 2.75) is 12.8 Å². The van der Waals surface area contributed by atoms with Gasteiger partial charge in [0.1, 0.15) is 13.2 Å². The molecule has 0 aromatic heterocycles. The fraction of sp³-hybridized carbons (Fsp3) is 0.533. The highest BCUT2D eigenvalue weighted by molar-refractivity contribution is 6.18. The van der Waals surface area contributed by atoms with Crippen molar-refractivity contribution in [2.24, 2.45) is 5.92 Å². The summed E-state index contributed by atoms with van der Waals surface area (Å²) in [5.41, 5.74) is 0.595. The van der Waals surface area contributed by atoms with Crippen LogP contribution in [0.4, 0.5) is 0 Å². The van der Waals surface area contributed by atoms with Crippen LogP contribution >= 0.6 is 11.6 Å². The van der Waals surface area contributed by atoms with Crippen molar-refractivity contribution < 1.29 is 14.3 Å². The first kappa shape index (κ1) is 13.6. The molecule has 3 rings (SSSR count). The van der Waals surface area contributed by atoms with Crippen LogP contribution < -0.4 is 9.47 Å². The van der Waals surface area contributed by atoms with E-state index in [4.69, 9.17) is 21.1 Å². The summed E-state index contributed by atoms with van der Waals surface area (Å²) >= 11 is 5.93. The summed E-state index contributed by atoms with van der Waals surface area (Å²) in [6.45, 7) is 2.54. The van der Waals surface area contributed by atoms with Crippen LogP contribution in [0.25, 0.3) is 0 Å². The number of halogens is 1. The molecule has 2 aliphatic heterocycles. The maximum atomic E-state index is 12.7. The number of hydrogen-bond acceptors (Lipinski definition) is 3. The Bertz CT molecular complexity index is 506. The largest absolute Gasteiger partial charge is 0.486 e. The van der Waals surface area contributed by atoms with Gasteiger partial charge in [0.15, 0.2) is 11.5 Å². The third kappa shape index (κ3) is 2.57. The minimum atomic E-state index is 0.0159. The molecule has 5 heteroatoms. The maximum Gasteiger partial charge on any atom is 0.257 e. The fourth-order valence-electron chi connectivity index (χ4n) is 2.79. The highest BCUT2D eigenvalue weighted by atomic mass is 35.5. The van der Waals surface area contributed by atoms with E-state index in [1.165, 1.54) is 0 Å². The summed E-state index contributed by atoms with van der Waals surface area (Å²) in [5.74, 6) is 2.26. The molecule has 2 aliphatic rings. The van der Waals surface area contributed by atoms with Crippen molar-refractivity contribution in [3.63, 3.8) is 0 Å². The van der Waals surface area contributed by atoms with Gasteiger partial charge in [-0.2, -0.15) is 0 Å². The number of piperidine rings is 1. The van der Waals surface area contributed by atoms with Crippen molar-refractivity contribution in [1.29, 1.82) is 0 Å². The monoisotopic (exact) mass is 295 g/mol. The minimum absolute atomic E-state index is 0.0159. The van der Waals surface area contributed by atoms with Crippen molar-refractivity contribution >= 4 is 17.5 Å². The molecule has 1 saturated heterocycles. The number of carbonyl (C=O) groups is 1. The van der Waals surface area contributed by atoms with Gasteiger partial charge >= 0.3 is 0 Å². The molecule has 0 spiro atoms. The van der Waals surface area contributed by atoms with E-state index in [9.17, 15) is 4.79 Å². The van der Waals surface area contributed by atoms with Crippen LogP contribution in [0.2, 0.25) is 0 Å². The molecule has 1 aromatic rings. The molecule has 0 bridgehead atoms. The molecule has 20 heavy (non-hydrogen) atoms. The van der Waals surface area contributed by atoms with Crippen molar-refractivity contribution in [3.8, 4) is 11.5 Å². The second-order valence-electron chi connectivity index (χ2n) is 5.24. The predicted octanol–water partition coefficient (Wildman–Crippen LogP) is 2.55. The Labute approximate surface area is 123 Å². The Balaban J connectivity index is 1.83. The topological polar surface area (TPSA) is 38.8 Å². The molecule has 2 heterocycles. The third-order valence-electron chi connectivity index (χ3n) is 3.82. The van der Waals surface area contributed by atoms with E-state index < -0.39 is 0 Å². The van der Waals surface area contributed by atoms with E-state index in [1.54, 1.807) is 6.07 Å². The molecule has 1 fully saturated rings. The van der Waals surface area contributed by atoms with Crippen LogP contribution in [0, 0.1) is 5.92 Å². The van der Waals surface area contributed by atoms with Crippen molar-refractivity contribution in [2.75, 3.05) is 32.2 Å². The Morgan fingerprint density at radius 3 is 3.05 bits per heavy atom. The number of amides is 1. The van der Waals surface area contributed by atoms with Gasteiger partial charge < -0.3 is 14.4 Å². The lowest BCUT2D eigenvalue weighted by Gasteiger charge is -2.32. The Kier molecular flexibility index (Phi) is 4.01. The number of carbonyl (C=O) groups excluding carboxylic acids is 1. The van der Waals surface area contributed by atoms with E-state index >= 15 is 0 Å². The van der Waals surface area contributed by atoms with Gasteiger partial charge in [0.25, 0.3) is 5.91 Å². The minimum Gasteiger partial charge on any atom is -0.486 e. The molecule has 0 saturated carbocycles. The molecule has 4 nitrogen and oxygen atoms in total. The lowest BCUT2D eigenvalue weighted by molar-refractivity contribution is 0.0675. The van der Waals surface area contributed by atoms with Gasteiger partial charge in [-0.3, -0.25) is 4.79 Å². The highest BCUT2D eigenvalue weighted by Crippen LogP contribution is 2.34. The summed E-state index contributed by atoms with van der Waals surface area (Å²) in [6.07, 6.45) is 2.11. The second-order valence-corrected chi connectivity index (χ2v) is 5.55. The molecule has 1 amide bonds. The van der Waals surface area contributed by atoms with Gasteiger partial charge in [0.05, 0.1) is 5.56 Å². The Hall–Kier alpha value is -1.42. The fourth-order valence-corrected chi connectivity index (χ4v) is 3.04. The third-order valence-corrected chi connectivity index (χ3v) is 4.26. The van der Waals surface area contributed by atoms with E-state index in [0.29, 0.717) is 42.1 Å². The van der Waals surface area contributed by atoms with Crippen LogP contribution in [0.1, 0.15) is 23.2 Å². The summed E-state index contributed by atoms with van der Waals surface area (Å²) in [4.78, 5) is 14.6. The molecular formula is C15H18ClNO3. The van der Waals surface area contributed by atoms with Gasteiger partial charge in [0, 0.05) is 19.0 Å². The molecule has 1 aromatic carbocycles. The van der Waals surface area contributed by atoms with Gasteiger partial charge in [0.2, 0.25) is 0 Å². The van der Waals surface area contributed by atoms with Crippen LogP contribution in [0.3, 0.4) is 0 Å². The van der Waals surface area contributed by atoms with E-state index in [-0.39, 0.29) is 5.91 Å². The number of likely N-dealkylation sites (tertiary alicyclic amines) is 1. The summed E-state index contributed by atoms with van der Waals surface area (Å²) in [7, 11) is 0. The maximum absolute atomic E-state index is 12.7. The zero-order valence-electron chi connectivity index (χ0n) is 11.3. The molecule has 108 valence electrons. The van der Waals surface area contributed by atoms with E-state index in [0.717, 1.165) is 25.9 Å². The van der Waals surface area contributed by atoms with Crippen molar-refractivity contribution in [1.82, 2.24) is 4.90 Å². The van der Waals surface area contributed by atoms with E-state index in [1.807, 2.05) is 17.0 Å². The van der Waals surface area contributed by atoms with Crippen LogP contribution in [0.15, 0.2) is 18.2 Å². The van der Waals surface area contributed by atoms with Crippen molar-refractivity contribution in [3.05, 3.63) is 23.8 Å². The van der Waals surface area contributed by atoms with Gasteiger partial charge in [-0.25, -0.2) is 0 Å².